The number of nitrogens with zero attached hydrogens (tertiary/aromatic N) is 1. The lowest BCUT2D eigenvalue weighted by molar-refractivity contribution is 0.176. The molecule has 0 aliphatic carbocycles. The van der Waals surface area contributed by atoms with E-state index in [2.05, 4.69) is 20.4 Å². The Morgan fingerprint density at radius 1 is 1.35 bits per heavy atom. The lowest BCUT2D eigenvalue weighted by atomic mass is 10.1. The molecule has 0 aromatic heterocycles. The standard InChI is InChI=1S/C13H17N3O4/c1-18-10-6-4-5-8(11(10)19-2)9-7-14-12(15-9)16-13(17)20-3/h4-6,9H,7H2,1-3H3,(H2,14,15,16,17). The number of hydrogen-bond donors (Lipinski definition) is 2. The van der Waals surface area contributed by atoms with E-state index < -0.39 is 6.09 Å². The highest BCUT2D eigenvalue weighted by atomic mass is 16.5. The molecule has 7 nitrogen and oxygen atoms in total. The first-order valence-corrected chi connectivity index (χ1v) is 6.07. The molecule has 1 aliphatic heterocycles. The van der Waals surface area contributed by atoms with E-state index in [1.54, 1.807) is 14.2 Å². The predicted molar refractivity (Wildman–Crippen MR) is 73.3 cm³/mol. The molecule has 1 aromatic carbocycles. The highest BCUT2D eigenvalue weighted by Gasteiger charge is 2.24. The minimum Gasteiger partial charge on any atom is -0.493 e. The van der Waals surface area contributed by atoms with Gasteiger partial charge in [0.15, 0.2) is 11.5 Å². The average molecular weight is 279 g/mol. The van der Waals surface area contributed by atoms with E-state index in [9.17, 15) is 4.79 Å². The van der Waals surface area contributed by atoms with Crippen LogP contribution in [0, 0.1) is 0 Å². The Morgan fingerprint density at radius 3 is 2.80 bits per heavy atom. The van der Waals surface area contributed by atoms with Crippen LogP contribution in [0.3, 0.4) is 0 Å². The van der Waals surface area contributed by atoms with Crippen LogP contribution < -0.4 is 20.1 Å². The lowest BCUT2D eigenvalue weighted by Crippen LogP contribution is -2.37. The number of rotatable bonds is 3. The molecule has 1 unspecified atom stereocenters. The van der Waals surface area contributed by atoms with E-state index in [-0.39, 0.29) is 6.04 Å². The van der Waals surface area contributed by atoms with Gasteiger partial charge in [-0.2, -0.15) is 0 Å². The Morgan fingerprint density at radius 2 is 2.15 bits per heavy atom. The van der Waals surface area contributed by atoms with Crippen LogP contribution in [0.4, 0.5) is 4.79 Å². The number of guanidine groups is 1. The molecule has 0 spiro atoms. The number of alkyl carbamates (subject to hydrolysis) is 1. The normalized spacial score (nSPS) is 16.9. The smallest absolute Gasteiger partial charge is 0.413 e. The van der Waals surface area contributed by atoms with E-state index in [1.807, 2.05) is 18.2 Å². The van der Waals surface area contributed by atoms with Crippen molar-refractivity contribution < 1.29 is 19.0 Å². The molecule has 0 saturated heterocycles. The van der Waals surface area contributed by atoms with Crippen LogP contribution in [0.2, 0.25) is 0 Å². The number of carbonyl (C=O) groups excluding carboxylic acids is 1. The molecule has 1 aromatic rings. The summed E-state index contributed by atoms with van der Waals surface area (Å²) in [6.07, 6.45) is -0.561. The zero-order valence-electron chi connectivity index (χ0n) is 11.6. The molecule has 1 aliphatic rings. The number of benzene rings is 1. The van der Waals surface area contributed by atoms with Crippen LogP contribution in [0.15, 0.2) is 23.2 Å². The third kappa shape index (κ3) is 2.76. The van der Waals surface area contributed by atoms with Crippen LogP contribution in [-0.2, 0) is 4.74 Å². The number of carbonyl (C=O) groups is 1. The number of nitrogens with one attached hydrogen (secondary N) is 2. The van der Waals surface area contributed by atoms with Gasteiger partial charge in [-0.1, -0.05) is 12.1 Å². The van der Waals surface area contributed by atoms with Crippen molar-refractivity contribution in [2.45, 2.75) is 6.04 Å². The second-order valence-electron chi connectivity index (χ2n) is 4.07. The third-order valence-corrected chi connectivity index (χ3v) is 2.95. The van der Waals surface area contributed by atoms with Gasteiger partial charge in [-0.25, -0.2) is 9.79 Å². The fraction of sp³-hybridized carbons (Fsp3) is 0.385. The number of para-hydroxylation sites is 1. The molecule has 0 bridgehead atoms. The second-order valence-corrected chi connectivity index (χ2v) is 4.07. The van der Waals surface area contributed by atoms with Gasteiger partial charge in [-0.05, 0) is 6.07 Å². The number of ether oxygens (including phenoxy) is 3. The van der Waals surface area contributed by atoms with Gasteiger partial charge >= 0.3 is 6.09 Å². The van der Waals surface area contributed by atoms with Crippen molar-refractivity contribution in [3.63, 3.8) is 0 Å². The summed E-state index contributed by atoms with van der Waals surface area (Å²) in [4.78, 5) is 15.5. The Hall–Kier alpha value is -2.44. The summed E-state index contributed by atoms with van der Waals surface area (Å²) in [5, 5.41) is 5.50. The van der Waals surface area contributed by atoms with Crippen molar-refractivity contribution in [1.29, 1.82) is 0 Å². The summed E-state index contributed by atoms with van der Waals surface area (Å²) in [6, 6.07) is 5.45. The molecular weight excluding hydrogens is 262 g/mol. The number of hydrogen-bond acceptors (Lipinski definition) is 6. The van der Waals surface area contributed by atoms with Gasteiger partial charge in [0.25, 0.3) is 0 Å². The summed E-state index contributed by atoms with van der Waals surface area (Å²) >= 11 is 0. The Bertz CT molecular complexity index is 530. The molecule has 1 heterocycles. The molecular formula is C13H17N3O4. The third-order valence-electron chi connectivity index (χ3n) is 2.95. The first kappa shape index (κ1) is 14.0. The highest BCUT2D eigenvalue weighted by Crippen LogP contribution is 2.36. The minimum absolute atomic E-state index is 0.160. The SMILES string of the molecule is COC(=O)NC1=NC(c2cccc(OC)c2OC)CN1. The van der Waals surface area contributed by atoms with Crippen molar-refractivity contribution in [3.8, 4) is 11.5 Å². The molecule has 0 fully saturated rings. The van der Waals surface area contributed by atoms with Crippen molar-refractivity contribution >= 4 is 12.1 Å². The van der Waals surface area contributed by atoms with Gasteiger partial charge in [0, 0.05) is 12.1 Å². The Balaban J connectivity index is 2.23. The van der Waals surface area contributed by atoms with Crippen LogP contribution >= 0.6 is 0 Å². The van der Waals surface area contributed by atoms with Gasteiger partial charge in [0.05, 0.1) is 27.4 Å². The first-order chi connectivity index (χ1) is 9.69. The Labute approximate surface area is 116 Å². The van der Waals surface area contributed by atoms with Crippen LogP contribution in [0.5, 0.6) is 11.5 Å². The van der Waals surface area contributed by atoms with Crippen LogP contribution in [0.1, 0.15) is 11.6 Å². The number of aliphatic imine (C=N–C) groups is 1. The van der Waals surface area contributed by atoms with E-state index >= 15 is 0 Å². The molecule has 108 valence electrons. The fourth-order valence-electron chi connectivity index (χ4n) is 2.02. The predicted octanol–water partition coefficient (Wildman–Crippen LogP) is 1.06. The fourth-order valence-corrected chi connectivity index (χ4v) is 2.02. The Kier molecular flexibility index (Phi) is 4.29. The molecule has 20 heavy (non-hydrogen) atoms. The molecule has 7 heteroatoms. The van der Waals surface area contributed by atoms with E-state index in [0.717, 1.165) is 5.56 Å². The number of amides is 1. The van der Waals surface area contributed by atoms with E-state index in [4.69, 9.17) is 9.47 Å². The van der Waals surface area contributed by atoms with Crippen molar-refractivity contribution in [2.24, 2.45) is 4.99 Å². The summed E-state index contributed by atoms with van der Waals surface area (Å²) < 4.78 is 15.2. The zero-order chi connectivity index (χ0) is 14.5. The van der Waals surface area contributed by atoms with Gasteiger partial charge in [-0.3, -0.25) is 5.32 Å². The summed E-state index contributed by atoms with van der Waals surface area (Å²) in [5.74, 6) is 1.67. The van der Waals surface area contributed by atoms with Gasteiger partial charge in [0.2, 0.25) is 5.96 Å². The van der Waals surface area contributed by atoms with Crippen LogP contribution in [0.25, 0.3) is 0 Å². The zero-order valence-corrected chi connectivity index (χ0v) is 11.6. The molecule has 1 atom stereocenters. The molecule has 0 saturated carbocycles. The molecule has 2 rings (SSSR count). The maximum atomic E-state index is 11.1. The van der Waals surface area contributed by atoms with Gasteiger partial charge in [-0.15, -0.1) is 0 Å². The van der Waals surface area contributed by atoms with Crippen molar-refractivity contribution in [3.05, 3.63) is 23.8 Å². The molecule has 0 radical (unpaired) electrons. The minimum atomic E-state index is -0.561. The highest BCUT2D eigenvalue weighted by molar-refractivity contribution is 5.94. The summed E-state index contributed by atoms with van der Waals surface area (Å²) in [7, 11) is 4.47. The van der Waals surface area contributed by atoms with E-state index in [1.165, 1.54) is 7.11 Å². The quantitative estimate of drug-likeness (QED) is 0.864. The summed E-state index contributed by atoms with van der Waals surface area (Å²) in [5.41, 5.74) is 0.890. The first-order valence-electron chi connectivity index (χ1n) is 6.07. The number of methoxy groups -OCH3 is 3. The van der Waals surface area contributed by atoms with Crippen molar-refractivity contribution in [2.75, 3.05) is 27.9 Å². The maximum absolute atomic E-state index is 11.1. The monoisotopic (exact) mass is 279 g/mol. The van der Waals surface area contributed by atoms with Crippen LogP contribution in [-0.4, -0.2) is 39.9 Å². The lowest BCUT2D eigenvalue weighted by Gasteiger charge is -2.14. The second kappa shape index (κ2) is 6.14. The summed E-state index contributed by atoms with van der Waals surface area (Å²) in [6.45, 7) is 0.558. The molecule has 2 N–H and O–H groups in total. The van der Waals surface area contributed by atoms with E-state index in [0.29, 0.717) is 24.0 Å². The van der Waals surface area contributed by atoms with Crippen molar-refractivity contribution in [1.82, 2.24) is 10.6 Å². The largest absolute Gasteiger partial charge is 0.493 e. The average Bonchev–Trinajstić information content (AvgIpc) is 2.94. The van der Waals surface area contributed by atoms with Gasteiger partial charge in [0.1, 0.15) is 0 Å². The maximum Gasteiger partial charge on any atom is 0.413 e. The topological polar surface area (TPSA) is 81.2 Å². The van der Waals surface area contributed by atoms with Gasteiger partial charge < -0.3 is 19.5 Å². The molecule has 1 amide bonds.